The Kier molecular flexibility index (Phi) is 105. The van der Waals surface area contributed by atoms with Crippen molar-refractivity contribution in [1.82, 2.24) is 0 Å². The molecule has 173 valence electrons. The zero-order valence-electron chi connectivity index (χ0n) is 12.6. The van der Waals surface area contributed by atoms with Gasteiger partial charge in [0.1, 0.15) is 0 Å². The molecule has 0 aromatic carbocycles. The molecule has 0 fully saturated rings. The topological polar surface area (TPSA) is 400 Å². The van der Waals surface area contributed by atoms with E-state index in [2.05, 4.69) is 0 Å². The van der Waals surface area contributed by atoms with E-state index in [4.69, 9.17) is 70.8 Å². The largest absolute Gasteiger partial charge is 4.00 e. The van der Waals surface area contributed by atoms with Crippen molar-refractivity contribution < 1.29 is 241 Å². The molecular weight excluding hydrogens is 1710 g/mol. The van der Waals surface area contributed by atoms with Crippen LogP contribution in [0.25, 0.3) is 0 Å². The summed E-state index contributed by atoms with van der Waals surface area (Å²) in [6.45, 7) is 0. The zero-order chi connectivity index (χ0) is 25.0. The molecule has 0 saturated heterocycles. The van der Waals surface area contributed by atoms with E-state index in [1.807, 2.05) is 0 Å². The van der Waals surface area contributed by atoms with Crippen molar-refractivity contribution in [2.75, 3.05) is 0 Å². The van der Waals surface area contributed by atoms with Gasteiger partial charge in [0.05, 0.1) is 0 Å². The predicted molar refractivity (Wildman–Crippen MR) is 9.61 cm³/mol. The molecule has 0 saturated carbocycles. The number of hydrogen-bond acceptors (Lipinski definition) is 21. The van der Waals surface area contributed by atoms with E-state index in [0.29, 0.717) is 0 Å². The van der Waals surface area contributed by atoms with Crippen LogP contribution in [0.2, 0.25) is 0 Å². The molecule has 0 spiro atoms. The molecule has 30 heavy (non-hydrogen) atoms. The van der Waals surface area contributed by atoms with Crippen LogP contribution in [0.1, 0.15) is 0 Å². The van der Waals surface area contributed by atoms with Crippen molar-refractivity contribution in [1.29, 1.82) is 0 Å². The van der Waals surface area contributed by atoms with Crippen LogP contribution >= 0.6 is 0 Å². The van der Waals surface area contributed by atoms with Gasteiger partial charge in [-0.2, -0.15) is 0 Å². The van der Waals surface area contributed by atoms with Gasteiger partial charge in [0, 0.05) is 0 Å². The van der Waals surface area contributed by atoms with Crippen molar-refractivity contribution in [3.05, 3.63) is 0 Å². The maximum atomic E-state index is 8.62. The standard InChI is InChI=1S/Fe.21O.7Ta.Ti/q+3;;;;;;;;;;;;;;;7*-1;;;;;;;;+4. The SMILES string of the molecule is [Fe+3].[O]=[Ta](=[O])[O-].[O]=[Ta](=[O])[O-].[O]=[Ta](=[O])[O-].[O]=[Ta](=[O])[O-].[O]=[Ta](=[O])[O-].[O]=[Ta](=[O])[O-].[O]=[Ta](=[O])[O-].[Ti+4]. The summed E-state index contributed by atoms with van der Waals surface area (Å²) in [5.41, 5.74) is 0. The van der Waals surface area contributed by atoms with Gasteiger partial charge in [-0.1, -0.05) is 0 Å². The summed E-state index contributed by atoms with van der Waals surface area (Å²) < 4.78 is 181. The normalized spacial score (nSPS) is 5.83. The average molecular weight is 1710 g/mol. The van der Waals surface area contributed by atoms with Crippen molar-refractivity contribution in [3.8, 4) is 0 Å². The summed E-state index contributed by atoms with van der Waals surface area (Å²) in [6.07, 6.45) is 0. The monoisotopic (exact) mass is 1710 g/mol. The Labute approximate surface area is 236 Å². The van der Waals surface area contributed by atoms with Gasteiger partial charge < -0.3 is 0 Å². The summed E-state index contributed by atoms with van der Waals surface area (Å²) in [5, 5.41) is 0. The van der Waals surface area contributed by atoms with E-state index in [0.717, 1.165) is 0 Å². The predicted octanol–water partition coefficient (Wildman–Crippen LogP) is -10.0. The summed E-state index contributed by atoms with van der Waals surface area (Å²) in [7, 11) is 0. The summed E-state index contributed by atoms with van der Waals surface area (Å²) in [4.78, 5) is 0. The second-order valence-electron chi connectivity index (χ2n) is 1.57. The van der Waals surface area contributed by atoms with E-state index in [1.54, 1.807) is 0 Å². The van der Waals surface area contributed by atoms with Gasteiger partial charge in [-0.3, -0.25) is 0 Å². The van der Waals surface area contributed by atoms with Crippen LogP contribution in [-0.4, -0.2) is 0 Å². The first-order valence-corrected chi connectivity index (χ1v) is 31.4. The van der Waals surface area contributed by atoms with Crippen LogP contribution in [0.15, 0.2) is 0 Å². The van der Waals surface area contributed by atoms with Crippen LogP contribution in [-0.2, 0) is 216 Å². The molecule has 0 heterocycles. The van der Waals surface area contributed by atoms with Crippen LogP contribution in [0.5, 0.6) is 0 Å². The number of rotatable bonds is 0. The Bertz CT molecular complexity index is 571. The third-order valence-corrected chi connectivity index (χ3v) is 0. The molecule has 0 atom stereocenters. The van der Waals surface area contributed by atoms with Gasteiger partial charge >= 0.3 is 241 Å². The molecule has 0 aromatic heterocycles. The maximum Gasteiger partial charge on any atom is 4.00 e. The van der Waals surface area contributed by atoms with Gasteiger partial charge in [0.15, 0.2) is 0 Å². The van der Waals surface area contributed by atoms with Gasteiger partial charge in [-0.25, -0.2) is 0 Å². The second-order valence-corrected chi connectivity index (χ2v) is 12.8. The first kappa shape index (κ1) is 58.9. The fraction of sp³-hybridized carbons (Fsp3) is 0. The Morgan fingerprint density at radius 2 is 0.267 bits per heavy atom. The quantitative estimate of drug-likeness (QED) is 0.203. The first-order valence-electron chi connectivity index (χ1n) is 3.83. The number of hydrogen-bond donors (Lipinski definition) is 0. The van der Waals surface area contributed by atoms with Crippen LogP contribution in [0, 0.1) is 0 Å². The van der Waals surface area contributed by atoms with E-state index in [9.17, 15) is 0 Å². The Hall–Kier alpha value is 3.34. The van der Waals surface area contributed by atoms with E-state index < -0.39 is 131 Å². The first-order chi connectivity index (χ1) is 12.1. The Morgan fingerprint density at radius 3 is 0.267 bits per heavy atom. The van der Waals surface area contributed by atoms with E-state index in [-0.39, 0.29) is 38.8 Å². The van der Waals surface area contributed by atoms with Gasteiger partial charge in [0.25, 0.3) is 0 Å². The fourth-order valence-electron chi connectivity index (χ4n) is 0. The average Bonchev–Trinajstić information content (AvgIpc) is 2.20. The molecule has 0 rings (SSSR count). The van der Waals surface area contributed by atoms with Crippen molar-refractivity contribution in [2.24, 2.45) is 0 Å². The molecule has 0 N–H and O–H groups in total. The molecule has 21 nitrogen and oxygen atoms in total. The molecule has 0 aliphatic carbocycles. The van der Waals surface area contributed by atoms with Crippen molar-refractivity contribution in [2.45, 2.75) is 0 Å². The van der Waals surface area contributed by atoms with Gasteiger partial charge in [0.2, 0.25) is 0 Å². The second kappa shape index (κ2) is 53.6. The molecule has 0 aliphatic rings. The maximum absolute atomic E-state index is 8.62. The van der Waals surface area contributed by atoms with Crippen LogP contribution in [0.3, 0.4) is 0 Å². The minimum Gasteiger partial charge on any atom is 4.00 e. The van der Waals surface area contributed by atoms with Crippen molar-refractivity contribution in [3.63, 3.8) is 0 Å². The molecule has 0 unspecified atom stereocenters. The Balaban J connectivity index is -0.0000000242. The Morgan fingerprint density at radius 1 is 0.267 bits per heavy atom. The summed E-state index contributed by atoms with van der Waals surface area (Å²) in [5.74, 6) is 0. The fourth-order valence-corrected chi connectivity index (χ4v) is 0. The molecule has 0 amide bonds. The van der Waals surface area contributed by atoms with E-state index >= 15 is 0 Å². The molecule has 1 radical (unpaired) electrons. The molecule has 0 aliphatic heterocycles. The van der Waals surface area contributed by atoms with Crippen LogP contribution in [0.4, 0.5) is 0 Å². The van der Waals surface area contributed by atoms with Crippen LogP contribution < -0.4 is 25.3 Å². The third kappa shape index (κ3) is 2590. The smallest absolute Gasteiger partial charge is 4.00 e. The molecule has 30 heteroatoms. The molecule has 0 aromatic rings. The molecular formula is FeO21Ta7Ti. The van der Waals surface area contributed by atoms with E-state index in [1.165, 1.54) is 0 Å². The zero-order valence-corrected chi connectivity index (χ0v) is 37.7. The summed E-state index contributed by atoms with van der Waals surface area (Å²) >= 11 is -30.4. The minimum atomic E-state index is -4.34. The summed E-state index contributed by atoms with van der Waals surface area (Å²) in [6, 6.07) is 0. The van der Waals surface area contributed by atoms with Crippen molar-refractivity contribution >= 4 is 0 Å². The molecule has 0 bridgehead atoms. The minimum absolute atomic E-state index is 0. The van der Waals surface area contributed by atoms with Gasteiger partial charge in [-0.15, -0.1) is 0 Å². The van der Waals surface area contributed by atoms with Gasteiger partial charge in [-0.05, 0) is 0 Å². The third-order valence-electron chi connectivity index (χ3n) is 0.